The first-order chi connectivity index (χ1) is 8.29. The van der Waals surface area contributed by atoms with E-state index in [-0.39, 0.29) is 0 Å². The minimum atomic E-state index is 0.309. The van der Waals surface area contributed by atoms with E-state index in [0.29, 0.717) is 5.91 Å². The highest BCUT2D eigenvalue weighted by Gasteiger charge is 2.18. The SMILES string of the molecule is CNc1nnc(SCCCN2CCCC2=O)s1. The molecule has 1 fully saturated rings. The predicted octanol–water partition coefficient (Wildman–Crippen LogP) is 1.68. The molecule has 2 heterocycles. The van der Waals surface area contributed by atoms with Crippen molar-refractivity contribution in [1.82, 2.24) is 15.1 Å². The summed E-state index contributed by atoms with van der Waals surface area (Å²) in [4.78, 5) is 13.3. The van der Waals surface area contributed by atoms with Crippen molar-refractivity contribution in [2.45, 2.75) is 23.6 Å². The van der Waals surface area contributed by atoms with Crippen LogP contribution in [0.15, 0.2) is 4.34 Å². The maximum Gasteiger partial charge on any atom is 0.222 e. The second-order valence-corrected chi connectivity index (χ2v) is 6.13. The molecule has 17 heavy (non-hydrogen) atoms. The predicted molar refractivity (Wildman–Crippen MR) is 70.6 cm³/mol. The number of carbonyl (C=O) groups is 1. The molecule has 94 valence electrons. The van der Waals surface area contributed by atoms with Gasteiger partial charge in [-0.3, -0.25) is 4.79 Å². The molecule has 7 heteroatoms. The van der Waals surface area contributed by atoms with Crippen molar-refractivity contribution in [3.8, 4) is 0 Å². The van der Waals surface area contributed by atoms with Gasteiger partial charge in [-0.15, -0.1) is 10.2 Å². The van der Waals surface area contributed by atoms with Gasteiger partial charge in [-0.25, -0.2) is 0 Å². The Balaban J connectivity index is 1.64. The maximum atomic E-state index is 11.4. The molecule has 1 aromatic rings. The largest absolute Gasteiger partial charge is 0.363 e. The third-order valence-electron chi connectivity index (χ3n) is 2.59. The smallest absolute Gasteiger partial charge is 0.222 e. The van der Waals surface area contributed by atoms with Crippen molar-refractivity contribution in [1.29, 1.82) is 0 Å². The van der Waals surface area contributed by atoms with Crippen LogP contribution in [0, 0.1) is 0 Å². The van der Waals surface area contributed by atoms with Crippen molar-refractivity contribution in [2.75, 3.05) is 31.2 Å². The Labute approximate surface area is 109 Å². The minimum Gasteiger partial charge on any atom is -0.363 e. The van der Waals surface area contributed by atoms with Gasteiger partial charge in [0, 0.05) is 32.3 Å². The number of rotatable bonds is 6. The van der Waals surface area contributed by atoms with Crippen molar-refractivity contribution >= 4 is 34.1 Å². The zero-order chi connectivity index (χ0) is 12.1. The van der Waals surface area contributed by atoms with E-state index in [0.717, 1.165) is 47.6 Å². The van der Waals surface area contributed by atoms with Crippen molar-refractivity contribution in [3.63, 3.8) is 0 Å². The lowest BCUT2D eigenvalue weighted by atomic mass is 10.4. The highest BCUT2D eigenvalue weighted by atomic mass is 32.2. The van der Waals surface area contributed by atoms with Gasteiger partial charge < -0.3 is 10.2 Å². The number of nitrogens with one attached hydrogen (secondary N) is 1. The van der Waals surface area contributed by atoms with Crippen LogP contribution >= 0.6 is 23.1 Å². The van der Waals surface area contributed by atoms with Crippen LogP contribution in [0.5, 0.6) is 0 Å². The van der Waals surface area contributed by atoms with Crippen molar-refractivity contribution in [3.05, 3.63) is 0 Å². The first kappa shape index (κ1) is 12.6. The molecule has 0 aliphatic carbocycles. The van der Waals surface area contributed by atoms with Crippen LogP contribution in [0.2, 0.25) is 0 Å². The fourth-order valence-corrected chi connectivity index (χ4v) is 3.42. The average Bonchev–Trinajstić information content (AvgIpc) is 2.94. The van der Waals surface area contributed by atoms with Crippen LogP contribution in [-0.4, -0.2) is 46.9 Å². The highest BCUT2D eigenvalue weighted by molar-refractivity contribution is 8.01. The third kappa shape index (κ3) is 3.57. The molecule has 0 aromatic carbocycles. The number of carbonyl (C=O) groups excluding carboxylic acids is 1. The zero-order valence-corrected chi connectivity index (χ0v) is 11.4. The van der Waals surface area contributed by atoms with Gasteiger partial charge in [-0.05, 0) is 12.8 Å². The van der Waals surface area contributed by atoms with Crippen LogP contribution in [0.1, 0.15) is 19.3 Å². The van der Waals surface area contributed by atoms with Crippen LogP contribution < -0.4 is 5.32 Å². The monoisotopic (exact) mass is 272 g/mol. The Hall–Kier alpha value is -0.820. The van der Waals surface area contributed by atoms with E-state index in [1.165, 1.54) is 0 Å². The van der Waals surface area contributed by atoms with E-state index in [4.69, 9.17) is 0 Å². The number of thioether (sulfide) groups is 1. The lowest BCUT2D eigenvalue weighted by Crippen LogP contribution is -2.25. The lowest BCUT2D eigenvalue weighted by Gasteiger charge is -2.14. The molecule has 1 aliphatic heterocycles. The van der Waals surface area contributed by atoms with Gasteiger partial charge in [0.2, 0.25) is 11.0 Å². The topological polar surface area (TPSA) is 58.1 Å². The molecule has 1 aromatic heterocycles. The Morgan fingerprint density at radius 3 is 3.06 bits per heavy atom. The molecule has 1 amide bonds. The summed E-state index contributed by atoms with van der Waals surface area (Å²) in [5, 5.41) is 11.9. The number of hydrogen-bond donors (Lipinski definition) is 1. The summed E-state index contributed by atoms with van der Waals surface area (Å²) in [6, 6.07) is 0. The summed E-state index contributed by atoms with van der Waals surface area (Å²) in [5.41, 5.74) is 0. The quantitative estimate of drug-likeness (QED) is 0.631. The molecule has 5 nitrogen and oxygen atoms in total. The molecular formula is C10H16N4OS2. The molecule has 0 saturated carbocycles. The molecule has 0 bridgehead atoms. The molecule has 1 aliphatic rings. The maximum absolute atomic E-state index is 11.4. The summed E-state index contributed by atoms with van der Waals surface area (Å²) in [7, 11) is 1.84. The standard InChI is InChI=1S/C10H16N4OS2/c1-11-9-12-13-10(17-9)16-7-3-6-14-5-2-4-8(14)15/h2-7H2,1H3,(H,11,12). The summed E-state index contributed by atoms with van der Waals surface area (Å²) in [5.74, 6) is 1.30. The van der Waals surface area contributed by atoms with E-state index in [9.17, 15) is 4.79 Å². The number of amides is 1. The Kier molecular flexibility index (Phi) is 4.61. The molecule has 0 unspecified atom stereocenters. The molecular weight excluding hydrogens is 256 g/mol. The van der Waals surface area contributed by atoms with Crippen LogP contribution in [0.4, 0.5) is 5.13 Å². The fraction of sp³-hybridized carbons (Fsp3) is 0.700. The van der Waals surface area contributed by atoms with Gasteiger partial charge in [-0.2, -0.15) is 0 Å². The summed E-state index contributed by atoms with van der Waals surface area (Å²) in [6.07, 6.45) is 2.77. The molecule has 0 atom stereocenters. The molecule has 0 radical (unpaired) electrons. The van der Waals surface area contributed by atoms with Gasteiger partial charge >= 0.3 is 0 Å². The normalized spacial score (nSPS) is 15.6. The van der Waals surface area contributed by atoms with E-state index in [1.54, 1.807) is 23.1 Å². The number of hydrogen-bond acceptors (Lipinski definition) is 6. The Morgan fingerprint density at radius 2 is 2.41 bits per heavy atom. The number of anilines is 1. The summed E-state index contributed by atoms with van der Waals surface area (Å²) in [6.45, 7) is 1.82. The summed E-state index contributed by atoms with van der Waals surface area (Å²) >= 11 is 3.27. The Morgan fingerprint density at radius 1 is 1.53 bits per heavy atom. The van der Waals surface area contributed by atoms with Crippen molar-refractivity contribution < 1.29 is 4.79 Å². The van der Waals surface area contributed by atoms with Crippen molar-refractivity contribution in [2.24, 2.45) is 0 Å². The molecule has 1 saturated heterocycles. The van der Waals surface area contributed by atoms with Gasteiger partial charge in [0.1, 0.15) is 0 Å². The minimum absolute atomic E-state index is 0.309. The first-order valence-electron chi connectivity index (χ1n) is 5.71. The average molecular weight is 272 g/mol. The molecule has 1 N–H and O–H groups in total. The van der Waals surface area contributed by atoms with Gasteiger partial charge in [0.15, 0.2) is 4.34 Å². The summed E-state index contributed by atoms with van der Waals surface area (Å²) < 4.78 is 0.988. The van der Waals surface area contributed by atoms with Gasteiger partial charge in [0.25, 0.3) is 0 Å². The van der Waals surface area contributed by atoms with Crippen LogP contribution in [-0.2, 0) is 4.79 Å². The highest BCUT2D eigenvalue weighted by Crippen LogP contribution is 2.25. The lowest BCUT2D eigenvalue weighted by molar-refractivity contribution is -0.127. The van der Waals surface area contributed by atoms with E-state index in [1.807, 2.05) is 11.9 Å². The van der Waals surface area contributed by atoms with Crippen LogP contribution in [0.3, 0.4) is 0 Å². The number of nitrogens with zero attached hydrogens (tertiary/aromatic N) is 3. The second kappa shape index (κ2) is 6.20. The Bertz CT molecular complexity index is 382. The number of aromatic nitrogens is 2. The van der Waals surface area contributed by atoms with Gasteiger partial charge in [-0.1, -0.05) is 23.1 Å². The van der Waals surface area contributed by atoms with E-state index in [2.05, 4.69) is 15.5 Å². The van der Waals surface area contributed by atoms with Gasteiger partial charge in [0.05, 0.1) is 0 Å². The number of likely N-dealkylation sites (tertiary alicyclic amines) is 1. The molecule has 0 spiro atoms. The third-order valence-corrected chi connectivity index (χ3v) is 4.75. The zero-order valence-electron chi connectivity index (χ0n) is 9.81. The fourth-order valence-electron chi connectivity index (χ4n) is 1.72. The first-order valence-corrected chi connectivity index (χ1v) is 7.51. The van der Waals surface area contributed by atoms with E-state index < -0.39 is 0 Å². The molecule has 2 rings (SSSR count). The second-order valence-electron chi connectivity index (χ2n) is 3.81. The van der Waals surface area contributed by atoms with E-state index >= 15 is 0 Å². The van der Waals surface area contributed by atoms with Crippen LogP contribution in [0.25, 0.3) is 0 Å².